The second-order valence-corrected chi connectivity index (χ2v) is 3.45. The third-order valence-corrected chi connectivity index (χ3v) is 2.51. The first-order valence-electron chi connectivity index (χ1n) is 4.14. The summed E-state index contributed by atoms with van der Waals surface area (Å²) in [5.41, 5.74) is 0. The van der Waals surface area contributed by atoms with Gasteiger partial charge in [0.05, 0.1) is 0 Å². The molecule has 0 aromatic rings. The van der Waals surface area contributed by atoms with Crippen LogP contribution in [0, 0.1) is 0 Å². The summed E-state index contributed by atoms with van der Waals surface area (Å²) in [6.07, 6.45) is 3.90. The molecule has 0 aliphatic carbocycles. The maximum absolute atomic E-state index is 5.65. The largest absolute Gasteiger partial charge is 0.301 e. The molecule has 1 heterocycles. The summed E-state index contributed by atoms with van der Waals surface area (Å²) >= 11 is 5.65. The molecule has 1 fully saturated rings. The topological polar surface area (TPSA) is 3.24 Å². The fraction of sp³-hybridized carbons (Fsp3) is 1.00. The number of halogens is 1. The Kier molecular flexibility index (Phi) is 3.50. The van der Waals surface area contributed by atoms with Crippen LogP contribution in [0.25, 0.3) is 0 Å². The van der Waals surface area contributed by atoms with Crippen LogP contribution in [0.4, 0.5) is 0 Å². The Hall–Kier alpha value is 0.250. The van der Waals surface area contributed by atoms with Crippen molar-refractivity contribution in [3.05, 3.63) is 0 Å². The average Bonchev–Trinajstić information content (AvgIpc) is 2.38. The number of rotatable bonds is 3. The van der Waals surface area contributed by atoms with Gasteiger partial charge in [0.2, 0.25) is 0 Å². The summed E-state index contributed by atoms with van der Waals surface area (Å²) in [6.45, 7) is 4.85. The molecule has 0 radical (unpaired) electrons. The maximum atomic E-state index is 5.65. The van der Waals surface area contributed by atoms with Gasteiger partial charge in [-0.2, -0.15) is 0 Å². The summed E-state index contributed by atoms with van der Waals surface area (Å²) < 4.78 is 0. The van der Waals surface area contributed by atoms with Crippen molar-refractivity contribution in [2.75, 3.05) is 19.0 Å². The van der Waals surface area contributed by atoms with E-state index in [0.717, 1.165) is 12.3 Å². The van der Waals surface area contributed by atoms with Crippen LogP contribution in [0.15, 0.2) is 0 Å². The first-order valence-corrected chi connectivity index (χ1v) is 4.68. The SMILES string of the molecule is C[C@H](CCCl)N1CCCC1. The summed E-state index contributed by atoms with van der Waals surface area (Å²) in [5.74, 6) is 0.803. The van der Waals surface area contributed by atoms with Crippen molar-refractivity contribution in [3.8, 4) is 0 Å². The predicted molar refractivity (Wildman–Crippen MR) is 45.6 cm³/mol. The van der Waals surface area contributed by atoms with E-state index in [4.69, 9.17) is 11.6 Å². The molecule has 0 unspecified atom stereocenters. The molecule has 1 aliphatic rings. The molecule has 1 saturated heterocycles. The molecule has 0 N–H and O–H groups in total. The molecular weight excluding hydrogens is 146 g/mol. The van der Waals surface area contributed by atoms with Crippen molar-refractivity contribution in [1.82, 2.24) is 4.90 Å². The molecule has 1 aliphatic heterocycles. The van der Waals surface area contributed by atoms with Crippen molar-refractivity contribution in [2.24, 2.45) is 0 Å². The zero-order valence-electron chi connectivity index (χ0n) is 6.65. The molecule has 0 spiro atoms. The number of nitrogens with zero attached hydrogens (tertiary/aromatic N) is 1. The highest BCUT2D eigenvalue weighted by Crippen LogP contribution is 2.13. The molecule has 10 heavy (non-hydrogen) atoms. The van der Waals surface area contributed by atoms with E-state index in [1.54, 1.807) is 0 Å². The van der Waals surface area contributed by atoms with E-state index in [1.165, 1.54) is 25.9 Å². The van der Waals surface area contributed by atoms with Gasteiger partial charge in [0.25, 0.3) is 0 Å². The molecule has 60 valence electrons. The van der Waals surface area contributed by atoms with Crippen LogP contribution in [0.1, 0.15) is 26.2 Å². The van der Waals surface area contributed by atoms with E-state index in [0.29, 0.717) is 6.04 Å². The first kappa shape index (κ1) is 8.35. The highest BCUT2D eigenvalue weighted by atomic mass is 35.5. The molecule has 0 amide bonds. The minimum absolute atomic E-state index is 0.708. The molecule has 0 saturated carbocycles. The van der Waals surface area contributed by atoms with Crippen LogP contribution < -0.4 is 0 Å². The minimum Gasteiger partial charge on any atom is -0.301 e. The van der Waals surface area contributed by atoms with Crippen LogP contribution >= 0.6 is 11.6 Å². The van der Waals surface area contributed by atoms with E-state index >= 15 is 0 Å². The monoisotopic (exact) mass is 161 g/mol. The van der Waals surface area contributed by atoms with Crippen LogP contribution in [0.3, 0.4) is 0 Å². The summed E-state index contributed by atoms with van der Waals surface area (Å²) in [4.78, 5) is 2.53. The van der Waals surface area contributed by atoms with E-state index < -0.39 is 0 Å². The minimum atomic E-state index is 0.708. The third-order valence-electron chi connectivity index (χ3n) is 2.29. The quantitative estimate of drug-likeness (QED) is 0.574. The van der Waals surface area contributed by atoms with Gasteiger partial charge in [-0.1, -0.05) is 0 Å². The Bertz CT molecular complexity index is 89.3. The van der Waals surface area contributed by atoms with Gasteiger partial charge < -0.3 is 4.90 Å². The normalized spacial score (nSPS) is 23.4. The Balaban J connectivity index is 2.18. The zero-order chi connectivity index (χ0) is 7.40. The van der Waals surface area contributed by atoms with Crippen LogP contribution in [0.5, 0.6) is 0 Å². The Morgan fingerprint density at radius 1 is 1.40 bits per heavy atom. The van der Waals surface area contributed by atoms with Crippen LogP contribution in [-0.2, 0) is 0 Å². The van der Waals surface area contributed by atoms with Crippen molar-refractivity contribution in [2.45, 2.75) is 32.2 Å². The van der Waals surface area contributed by atoms with Gasteiger partial charge in [-0.25, -0.2) is 0 Å². The highest BCUT2D eigenvalue weighted by Gasteiger charge is 2.16. The lowest BCUT2D eigenvalue weighted by atomic mass is 10.2. The van der Waals surface area contributed by atoms with Crippen molar-refractivity contribution in [3.63, 3.8) is 0 Å². The van der Waals surface area contributed by atoms with E-state index in [1.807, 2.05) is 0 Å². The number of alkyl halides is 1. The molecule has 2 heteroatoms. The Labute approximate surface area is 68.4 Å². The van der Waals surface area contributed by atoms with Gasteiger partial charge >= 0.3 is 0 Å². The van der Waals surface area contributed by atoms with Gasteiger partial charge in [-0.15, -0.1) is 11.6 Å². The molecular formula is C8H16ClN. The molecule has 1 atom stereocenters. The lowest BCUT2D eigenvalue weighted by Crippen LogP contribution is -2.30. The maximum Gasteiger partial charge on any atom is 0.0238 e. The summed E-state index contributed by atoms with van der Waals surface area (Å²) in [7, 11) is 0. The van der Waals surface area contributed by atoms with Crippen molar-refractivity contribution < 1.29 is 0 Å². The van der Waals surface area contributed by atoms with Crippen molar-refractivity contribution >= 4 is 11.6 Å². The average molecular weight is 162 g/mol. The molecule has 1 nitrogen and oxygen atoms in total. The molecule has 1 rings (SSSR count). The van der Waals surface area contributed by atoms with Gasteiger partial charge in [0, 0.05) is 11.9 Å². The number of hydrogen-bond acceptors (Lipinski definition) is 1. The first-order chi connectivity index (χ1) is 4.84. The van der Waals surface area contributed by atoms with E-state index in [-0.39, 0.29) is 0 Å². The highest BCUT2D eigenvalue weighted by molar-refractivity contribution is 6.17. The predicted octanol–water partition coefficient (Wildman–Crippen LogP) is 2.10. The van der Waals surface area contributed by atoms with Gasteiger partial charge in [0.15, 0.2) is 0 Å². The third kappa shape index (κ3) is 2.14. The Morgan fingerprint density at radius 2 is 2.00 bits per heavy atom. The molecule has 0 aromatic carbocycles. The van der Waals surface area contributed by atoms with Gasteiger partial charge in [-0.3, -0.25) is 0 Å². The standard InChI is InChI=1S/C8H16ClN/c1-8(4-5-9)10-6-2-3-7-10/h8H,2-7H2,1H3/t8-/m1/s1. The van der Waals surface area contributed by atoms with Crippen LogP contribution in [-0.4, -0.2) is 29.9 Å². The summed E-state index contributed by atoms with van der Waals surface area (Å²) in [6, 6.07) is 0.708. The number of hydrogen-bond donors (Lipinski definition) is 0. The van der Waals surface area contributed by atoms with E-state index in [2.05, 4.69) is 11.8 Å². The zero-order valence-corrected chi connectivity index (χ0v) is 7.40. The fourth-order valence-corrected chi connectivity index (χ4v) is 1.84. The number of likely N-dealkylation sites (tertiary alicyclic amines) is 1. The fourth-order valence-electron chi connectivity index (χ4n) is 1.52. The smallest absolute Gasteiger partial charge is 0.0238 e. The van der Waals surface area contributed by atoms with Gasteiger partial charge in [-0.05, 0) is 39.3 Å². The van der Waals surface area contributed by atoms with Gasteiger partial charge in [0.1, 0.15) is 0 Å². The Morgan fingerprint density at radius 3 is 2.50 bits per heavy atom. The molecule has 0 aromatic heterocycles. The lowest BCUT2D eigenvalue weighted by molar-refractivity contribution is 0.254. The molecule has 0 bridgehead atoms. The summed E-state index contributed by atoms with van der Waals surface area (Å²) in [5, 5.41) is 0. The lowest BCUT2D eigenvalue weighted by Gasteiger charge is -2.22. The van der Waals surface area contributed by atoms with Crippen LogP contribution in [0.2, 0.25) is 0 Å². The van der Waals surface area contributed by atoms with E-state index in [9.17, 15) is 0 Å². The second-order valence-electron chi connectivity index (χ2n) is 3.07. The van der Waals surface area contributed by atoms with Crippen molar-refractivity contribution in [1.29, 1.82) is 0 Å². The second kappa shape index (κ2) is 4.20.